The highest BCUT2D eigenvalue weighted by Gasteiger charge is 2.27. The summed E-state index contributed by atoms with van der Waals surface area (Å²) in [5.74, 6) is -0.349. The van der Waals surface area contributed by atoms with Crippen LogP contribution in [0, 0.1) is 11.3 Å². The average Bonchev–Trinajstić information content (AvgIpc) is 3.58. The van der Waals surface area contributed by atoms with Crippen molar-refractivity contribution in [2.45, 2.75) is 31.7 Å². The van der Waals surface area contributed by atoms with Crippen LogP contribution in [0.1, 0.15) is 41.6 Å². The predicted molar refractivity (Wildman–Crippen MR) is 135 cm³/mol. The first-order valence-corrected chi connectivity index (χ1v) is 12.1. The number of hydrogen-bond donors (Lipinski definition) is 2. The Labute approximate surface area is 204 Å². The summed E-state index contributed by atoms with van der Waals surface area (Å²) in [6.45, 7) is 4.54. The third-order valence-electron chi connectivity index (χ3n) is 6.86. The van der Waals surface area contributed by atoms with Gasteiger partial charge in [0.05, 0.1) is 5.56 Å². The van der Waals surface area contributed by atoms with E-state index in [2.05, 4.69) is 31.2 Å². The van der Waals surface area contributed by atoms with Crippen LogP contribution in [0.15, 0.2) is 59.8 Å². The number of H-pyrrole nitrogens is 1. The van der Waals surface area contributed by atoms with Crippen molar-refractivity contribution in [1.29, 1.82) is 5.26 Å². The van der Waals surface area contributed by atoms with Crippen LogP contribution in [0.3, 0.4) is 0 Å². The van der Waals surface area contributed by atoms with Crippen LogP contribution in [0.25, 0.3) is 11.1 Å². The summed E-state index contributed by atoms with van der Waals surface area (Å²) >= 11 is 0. The lowest BCUT2D eigenvalue weighted by Gasteiger charge is -2.30. The number of nitriles is 1. The molecule has 4 heterocycles. The molecule has 2 aliphatic rings. The zero-order valence-corrected chi connectivity index (χ0v) is 19.5. The number of aromatic amines is 1. The number of rotatable bonds is 6. The van der Waals surface area contributed by atoms with E-state index in [-0.39, 0.29) is 11.6 Å². The largest absolute Gasteiger partial charge is 0.367 e. The van der Waals surface area contributed by atoms with Crippen molar-refractivity contribution in [3.8, 4) is 17.2 Å². The Kier molecular flexibility index (Phi) is 6.59. The monoisotopic (exact) mass is 468 g/mol. The molecule has 8 nitrogen and oxygen atoms in total. The van der Waals surface area contributed by atoms with Gasteiger partial charge in [0.15, 0.2) is 0 Å². The highest BCUT2D eigenvalue weighted by Crippen LogP contribution is 2.27. The van der Waals surface area contributed by atoms with Gasteiger partial charge in [0, 0.05) is 60.1 Å². The topological polar surface area (TPSA) is 105 Å². The van der Waals surface area contributed by atoms with Crippen molar-refractivity contribution in [2.24, 2.45) is 0 Å². The van der Waals surface area contributed by atoms with Crippen molar-refractivity contribution >= 4 is 17.3 Å². The van der Waals surface area contributed by atoms with E-state index in [1.54, 1.807) is 24.5 Å². The standard InChI is InChI=1S/C27H28N6O2/c28-14-19-12-21(16-29-15-19)22-13-25(27(35)30-17-22)31-26(34)20-5-7-23(8-6-20)33-11-3-4-24(33)18-32-9-1-2-10-32/h5-8,12-13,15-17,24H,1-4,9-11,18H2,(H,30,35)(H,31,34)/t24-/m0/s1. The van der Waals surface area contributed by atoms with Gasteiger partial charge in [-0.05, 0) is 75.2 Å². The SMILES string of the molecule is N#Cc1cncc(-c2c[nH]c(=O)c(NC(=O)c3ccc(N4CCC[C@H]4CN4CCCC4)cc3)c2)c1. The lowest BCUT2D eigenvalue weighted by Crippen LogP contribution is -2.39. The molecule has 5 rings (SSSR count). The number of likely N-dealkylation sites (tertiary alicyclic amines) is 1. The molecule has 8 heteroatoms. The van der Waals surface area contributed by atoms with E-state index >= 15 is 0 Å². The Morgan fingerprint density at radius 2 is 1.89 bits per heavy atom. The van der Waals surface area contributed by atoms with Crippen molar-refractivity contribution in [3.05, 3.63) is 76.5 Å². The third-order valence-corrected chi connectivity index (χ3v) is 6.86. The molecule has 0 spiro atoms. The van der Waals surface area contributed by atoms with E-state index in [9.17, 15) is 9.59 Å². The summed E-state index contributed by atoms with van der Waals surface area (Å²) in [6, 6.07) is 13.5. The summed E-state index contributed by atoms with van der Waals surface area (Å²) < 4.78 is 0. The number of aromatic nitrogens is 2. The fourth-order valence-electron chi connectivity index (χ4n) is 5.03. The van der Waals surface area contributed by atoms with Crippen molar-refractivity contribution in [2.75, 3.05) is 36.4 Å². The second-order valence-corrected chi connectivity index (χ2v) is 9.20. The highest BCUT2D eigenvalue weighted by atomic mass is 16.2. The number of nitrogens with zero attached hydrogens (tertiary/aromatic N) is 4. The van der Waals surface area contributed by atoms with Crippen LogP contribution in [-0.2, 0) is 0 Å². The van der Waals surface area contributed by atoms with Gasteiger partial charge in [-0.3, -0.25) is 14.6 Å². The molecule has 35 heavy (non-hydrogen) atoms. The summed E-state index contributed by atoms with van der Waals surface area (Å²) in [6.07, 6.45) is 9.60. The van der Waals surface area contributed by atoms with Crippen molar-refractivity contribution in [1.82, 2.24) is 14.9 Å². The molecular formula is C27H28N6O2. The van der Waals surface area contributed by atoms with Gasteiger partial charge >= 0.3 is 0 Å². The summed E-state index contributed by atoms with van der Waals surface area (Å²) in [5, 5.41) is 11.8. The minimum atomic E-state index is -0.398. The number of benzene rings is 1. The molecular weight excluding hydrogens is 440 g/mol. The molecule has 1 atom stereocenters. The molecule has 2 fully saturated rings. The smallest absolute Gasteiger partial charge is 0.271 e. The molecule has 2 saturated heterocycles. The van der Waals surface area contributed by atoms with Gasteiger partial charge in [-0.15, -0.1) is 0 Å². The number of anilines is 2. The predicted octanol–water partition coefficient (Wildman–Crippen LogP) is 3.63. The van der Waals surface area contributed by atoms with E-state index in [4.69, 9.17) is 5.26 Å². The Morgan fingerprint density at radius 3 is 2.66 bits per heavy atom. The number of carbonyl (C=O) groups excluding carboxylic acids is 1. The van der Waals surface area contributed by atoms with Gasteiger partial charge in [0.2, 0.25) is 0 Å². The van der Waals surface area contributed by atoms with Gasteiger partial charge in [-0.25, -0.2) is 0 Å². The minimum Gasteiger partial charge on any atom is -0.367 e. The molecule has 2 aromatic heterocycles. The molecule has 3 aromatic rings. The van der Waals surface area contributed by atoms with Crippen molar-refractivity contribution < 1.29 is 4.79 Å². The lowest BCUT2D eigenvalue weighted by molar-refractivity contribution is 0.102. The molecule has 0 radical (unpaired) electrons. The Balaban J connectivity index is 1.29. The summed E-state index contributed by atoms with van der Waals surface area (Å²) in [4.78, 5) is 37.0. The Hall–Kier alpha value is -3.96. The first-order chi connectivity index (χ1) is 17.1. The maximum absolute atomic E-state index is 12.9. The number of hydrogen-bond acceptors (Lipinski definition) is 6. The zero-order valence-electron chi connectivity index (χ0n) is 19.5. The van der Waals surface area contributed by atoms with Crippen molar-refractivity contribution in [3.63, 3.8) is 0 Å². The van der Waals surface area contributed by atoms with E-state index in [0.717, 1.165) is 18.8 Å². The van der Waals surface area contributed by atoms with Crippen LogP contribution in [0.5, 0.6) is 0 Å². The fourth-order valence-corrected chi connectivity index (χ4v) is 5.03. The maximum atomic E-state index is 12.9. The normalized spacial score (nSPS) is 17.9. The maximum Gasteiger partial charge on any atom is 0.271 e. The number of pyridine rings is 2. The fraction of sp³-hybridized carbons (Fsp3) is 0.333. The number of carbonyl (C=O) groups is 1. The number of nitrogens with one attached hydrogen (secondary N) is 2. The van der Waals surface area contributed by atoms with Gasteiger partial charge in [0.25, 0.3) is 11.5 Å². The highest BCUT2D eigenvalue weighted by molar-refractivity contribution is 6.04. The molecule has 1 aromatic carbocycles. The Bertz CT molecular complexity index is 1300. The molecule has 1 amide bonds. The molecule has 2 aliphatic heterocycles. The quantitative estimate of drug-likeness (QED) is 0.572. The lowest BCUT2D eigenvalue weighted by atomic mass is 10.1. The van der Waals surface area contributed by atoms with E-state index in [0.29, 0.717) is 28.3 Å². The summed E-state index contributed by atoms with van der Waals surface area (Å²) in [5.41, 5.74) is 3.11. The second-order valence-electron chi connectivity index (χ2n) is 9.20. The third kappa shape index (κ3) is 5.10. The van der Waals surface area contributed by atoms with E-state index in [1.807, 2.05) is 24.3 Å². The Morgan fingerprint density at radius 1 is 1.09 bits per heavy atom. The zero-order chi connectivity index (χ0) is 24.2. The van der Waals surface area contributed by atoms with Gasteiger partial charge < -0.3 is 20.1 Å². The van der Waals surface area contributed by atoms with Gasteiger partial charge in [-0.1, -0.05) is 0 Å². The molecule has 0 aliphatic carbocycles. The van der Waals surface area contributed by atoms with Crippen LogP contribution in [0.4, 0.5) is 11.4 Å². The molecule has 0 bridgehead atoms. The molecule has 178 valence electrons. The van der Waals surface area contributed by atoms with Crippen LogP contribution < -0.4 is 15.8 Å². The van der Waals surface area contributed by atoms with Gasteiger partial charge in [0.1, 0.15) is 11.8 Å². The summed E-state index contributed by atoms with van der Waals surface area (Å²) in [7, 11) is 0. The molecule has 2 N–H and O–H groups in total. The van der Waals surface area contributed by atoms with E-state index in [1.165, 1.54) is 45.0 Å². The minimum absolute atomic E-state index is 0.143. The molecule has 0 unspecified atom stereocenters. The first kappa shape index (κ1) is 22.8. The van der Waals surface area contributed by atoms with Crippen LogP contribution in [0.2, 0.25) is 0 Å². The van der Waals surface area contributed by atoms with E-state index < -0.39 is 5.56 Å². The van der Waals surface area contributed by atoms with Crippen LogP contribution in [-0.4, -0.2) is 53.0 Å². The number of amides is 1. The first-order valence-electron chi connectivity index (χ1n) is 12.1. The van der Waals surface area contributed by atoms with Gasteiger partial charge in [-0.2, -0.15) is 5.26 Å². The average molecular weight is 469 g/mol. The van der Waals surface area contributed by atoms with Crippen LogP contribution >= 0.6 is 0 Å². The second kappa shape index (κ2) is 10.1. The molecule has 0 saturated carbocycles.